The van der Waals surface area contributed by atoms with Gasteiger partial charge in [-0.15, -0.1) is 0 Å². The molecule has 0 fully saturated rings. The Bertz CT molecular complexity index is 1170. The average molecular weight is 425 g/mol. The summed E-state index contributed by atoms with van der Waals surface area (Å²) in [6, 6.07) is 9.46. The van der Waals surface area contributed by atoms with Gasteiger partial charge in [0.25, 0.3) is 0 Å². The molecule has 2 aromatic heterocycles. The van der Waals surface area contributed by atoms with E-state index in [9.17, 15) is 14.0 Å². The Morgan fingerprint density at radius 2 is 2.03 bits per heavy atom. The second-order valence-electron chi connectivity index (χ2n) is 7.10. The van der Waals surface area contributed by atoms with Crippen LogP contribution < -0.4 is 10.2 Å². The lowest BCUT2D eigenvalue weighted by Crippen LogP contribution is -2.40. The molecule has 2 amide bonds. The van der Waals surface area contributed by atoms with Crippen LogP contribution in [0.15, 0.2) is 48.8 Å². The molecule has 0 aliphatic carbocycles. The van der Waals surface area contributed by atoms with Crippen LogP contribution in [0.1, 0.15) is 24.2 Å². The zero-order valence-electron chi connectivity index (χ0n) is 16.3. The van der Waals surface area contributed by atoms with Gasteiger partial charge < -0.3 is 10.2 Å². The molecule has 3 aromatic rings. The SMILES string of the molecule is Cc1cc2c(cn1)-c1cccnc1[C@@H](C)C(=O)N2CC(=O)Nc1ccc(Cl)c(F)c1. The van der Waals surface area contributed by atoms with E-state index < -0.39 is 17.6 Å². The van der Waals surface area contributed by atoms with Crippen LogP contribution in [0.25, 0.3) is 11.1 Å². The van der Waals surface area contributed by atoms with Crippen molar-refractivity contribution in [1.29, 1.82) is 0 Å². The second-order valence-corrected chi connectivity index (χ2v) is 7.51. The maximum absolute atomic E-state index is 13.7. The smallest absolute Gasteiger partial charge is 0.244 e. The van der Waals surface area contributed by atoms with Gasteiger partial charge in [0.05, 0.1) is 22.3 Å². The molecule has 152 valence electrons. The molecule has 0 bridgehead atoms. The highest BCUT2D eigenvalue weighted by Crippen LogP contribution is 2.39. The van der Waals surface area contributed by atoms with Crippen molar-refractivity contribution >= 4 is 34.8 Å². The third kappa shape index (κ3) is 3.64. The molecular weight excluding hydrogens is 407 g/mol. The van der Waals surface area contributed by atoms with E-state index in [1.54, 1.807) is 31.5 Å². The standard InChI is InChI=1S/C22H18ClFN4O2/c1-12-8-19-16(10-26-12)15-4-3-7-25-21(15)13(2)22(30)28(19)11-20(29)27-14-5-6-17(23)18(24)9-14/h3-10,13H,11H2,1-2H3,(H,27,29)/t13-/m1/s1. The van der Waals surface area contributed by atoms with Gasteiger partial charge in [0, 0.05) is 34.9 Å². The molecule has 4 rings (SSSR count). The minimum atomic E-state index is -0.637. The number of aryl methyl sites for hydroxylation is 1. The fraction of sp³-hybridized carbons (Fsp3) is 0.182. The number of anilines is 2. The summed E-state index contributed by atoms with van der Waals surface area (Å²) in [5, 5.41) is 2.58. The van der Waals surface area contributed by atoms with E-state index >= 15 is 0 Å². The van der Waals surface area contributed by atoms with Gasteiger partial charge >= 0.3 is 0 Å². The summed E-state index contributed by atoms with van der Waals surface area (Å²) < 4.78 is 13.7. The van der Waals surface area contributed by atoms with Gasteiger partial charge in [-0.05, 0) is 44.2 Å². The van der Waals surface area contributed by atoms with Crippen LogP contribution in [0.2, 0.25) is 5.02 Å². The lowest BCUT2D eigenvalue weighted by Gasteiger charge is -2.24. The Balaban J connectivity index is 1.70. The van der Waals surface area contributed by atoms with Gasteiger partial charge in [-0.2, -0.15) is 0 Å². The Morgan fingerprint density at radius 1 is 1.23 bits per heavy atom. The molecule has 1 atom stereocenters. The molecular formula is C22H18ClFN4O2. The number of pyridine rings is 2. The monoisotopic (exact) mass is 424 g/mol. The van der Waals surface area contributed by atoms with Crippen LogP contribution in [0.5, 0.6) is 0 Å². The Hall–Kier alpha value is -3.32. The number of carbonyl (C=O) groups excluding carboxylic acids is 2. The summed E-state index contributed by atoms with van der Waals surface area (Å²) in [7, 11) is 0. The first kappa shape index (κ1) is 20.0. The quantitative estimate of drug-likeness (QED) is 0.678. The van der Waals surface area contributed by atoms with Crippen molar-refractivity contribution in [2.75, 3.05) is 16.8 Å². The minimum absolute atomic E-state index is 0.0355. The number of nitrogens with zero attached hydrogens (tertiary/aromatic N) is 3. The van der Waals surface area contributed by atoms with Crippen molar-refractivity contribution in [2.45, 2.75) is 19.8 Å². The molecule has 1 aliphatic heterocycles. The van der Waals surface area contributed by atoms with E-state index in [0.29, 0.717) is 17.1 Å². The number of benzene rings is 1. The summed E-state index contributed by atoms with van der Waals surface area (Å²) in [5.41, 5.74) is 3.73. The van der Waals surface area contributed by atoms with Crippen molar-refractivity contribution in [2.24, 2.45) is 0 Å². The summed E-state index contributed by atoms with van der Waals surface area (Å²) in [5.74, 6) is -1.90. The highest BCUT2D eigenvalue weighted by atomic mass is 35.5. The van der Waals surface area contributed by atoms with Crippen molar-refractivity contribution in [3.8, 4) is 11.1 Å². The van der Waals surface area contributed by atoms with Crippen LogP contribution >= 0.6 is 11.6 Å². The molecule has 0 radical (unpaired) electrons. The van der Waals surface area contributed by atoms with Gasteiger partial charge in [0.2, 0.25) is 11.8 Å². The van der Waals surface area contributed by atoms with E-state index in [0.717, 1.165) is 17.2 Å². The first-order chi connectivity index (χ1) is 14.3. The summed E-state index contributed by atoms with van der Waals surface area (Å²) >= 11 is 5.69. The van der Waals surface area contributed by atoms with Crippen molar-refractivity contribution < 1.29 is 14.0 Å². The zero-order chi connectivity index (χ0) is 21.4. The van der Waals surface area contributed by atoms with E-state index in [-0.39, 0.29) is 23.2 Å². The van der Waals surface area contributed by atoms with E-state index in [1.165, 1.54) is 17.0 Å². The summed E-state index contributed by atoms with van der Waals surface area (Å²) in [4.78, 5) is 36.2. The average Bonchev–Trinajstić information content (AvgIpc) is 2.80. The normalized spacial score (nSPS) is 15.3. The van der Waals surface area contributed by atoms with Crippen molar-refractivity contribution in [3.63, 3.8) is 0 Å². The van der Waals surface area contributed by atoms with Crippen molar-refractivity contribution in [1.82, 2.24) is 9.97 Å². The number of halogens is 2. The maximum Gasteiger partial charge on any atom is 0.244 e. The Kier molecular flexibility index (Phi) is 5.22. The molecule has 0 unspecified atom stereocenters. The number of nitrogens with one attached hydrogen (secondary N) is 1. The molecule has 1 aromatic carbocycles. The number of amides is 2. The number of aromatic nitrogens is 2. The fourth-order valence-electron chi connectivity index (χ4n) is 3.52. The molecule has 1 N–H and O–H groups in total. The minimum Gasteiger partial charge on any atom is -0.324 e. The first-order valence-electron chi connectivity index (χ1n) is 9.33. The first-order valence-corrected chi connectivity index (χ1v) is 9.71. The lowest BCUT2D eigenvalue weighted by molar-refractivity contribution is -0.122. The molecule has 30 heavy (non-hydrogen) atoms. The number of hydrogen-bond acceptors (Lipinski definition) is 4. The van der Waals surface area contributed by atoms with Gasteiger partial charge in [0.15, 0.2) is 0 Å². The number of rotatable bonds is 3. The van der Waals surface area contributed by atoms with Gasteiger partial charge in [-0.3, -0.25) is 19.6 Å². The van der Waals surface area contributed by atoms with Crippen LogP contribution in [-0.4, -0.2) is 28.3 Å². The van der Waals surface area contributed by atoms with Crippen molar-refractivity contribution in [3.05, 3.63) is 71.0 Å². The Morgan fingerprint density at radius 3 is 2.80 bits per heavy atom. The highest BCUT2D eigenvalue weighted by Gasteiger charge is 2.33. The lowest BCUT2D eigenvalue weighted by atomic mass is 9.98. The van der Waals surface area contributed by atoms with Crippen LogP contribution in [0, 0.1) is 12.7 Å². The summed E-state index contributed by atoms with van der Waals surface area (Å²) in [6.07, 6.45) is 3.33. The van der Waals surface area contributed by atoms with E-state index in [1.807, 2.05) is 13.0 Å². The van der Waals surface area contributed by atoms with Crippen LogP contribution in [0.3, 0.4) is 0 Å². The van der Waals surface area contributed by atoms with Gasteiger partial charge in [-0.25, -0.2) is 4.39 Å². The van der Waals surface area contributed by atoms with Gasteiger partial charge in [0.1, 0.15) is 12.4 Å². The molecule has 8 heteroatoms. The predicted octanol–water partition coefficient (Wildman–Crippen LogP) is 4.33. The molecule has 0 saturated carbocycles. The van der Waals surface area contributed by atoms with Gasteiger partial charge in [-0.1, -0.05) is 17.7 Å². The topological polar surface area (TPSA) is 75.2 Å². The second kappa shape index (κ2) is 7.84. The fourth-order valence-corrected chi connectivity index (χ4v) is 3.63. The third-order valence-corrected chi connectivity index (χ3v) is 5.30. The molecule has 6 nitrogen and oxygen atoms in total. The summed E-state index contributed by atoms with van der Waals surface area (Å²) in [6.45, 7) is 3.34. The van der Waals surface area contributed by atoms with Crippen LogP contribution in [0.4, 0.5) is 15.8 Å². The third-order valence-electron chi connectivity index (χ3n) is 4.99. The maximum atomic E-state index is 13.7. The molecule has 0 saturated heterocycles. The molecule has 1 aliphatic rings. The zero-order valence-corrected chi connectivity index (χ0v) is 17.1. The Labute approximate surface area is 177 Å². The number of fused-ring (bicyclic) bond motifs is 3. The number of carbonyl (C=O) groups is 2. The van der Waals surface area contributed by atoms with Crippen LogP contribution in [-0.2, 0) is 9.59 Å². The largest absolute Gasteiger partial charge is 0.324 e. The van der Waals surface area contributed by atoms with E-state index in [4.69, 9.17) is 11.6 Å². The highest BCUT2D eigenvalue weighted by molar-refractivity contribution is 6.30. The predicted molar refractivity (Wildman–Crippen MR) is 113 cm³/mol. The van der Waals surface area contributed by atoms with E-state index in [2.05, 4.69) is 15.3 Å². The molecule has 0 spiro atoms. The number of hydrogen-bond donors (Lipinski definition) is 1. The molecule has 3 heterocycles.